The van der Waals surface area contributed by atoms with Crippen LogP contribution in [0.15, 0.2) is 22.7 Å². The number of carbonyl (C=O) groups excluding carboxylic acids is 1. The lowest BCUT2D eigenvalue weighted by molar-refractivity contribution is 0.0600. The molecule has 3 heteroatoms. The summed E-state index contributed by atoms with van der Waals surface area (Å²) in [6.07, 6.45) is 0. The lowest BCUT2D eigenvalue weighted by Crippen LogP contribution is -2.01. The summed E-state index contributed by atoms with van der Waals surface area (Å²) in [4.78, 5) is 11.2. The maximum atomic E-state index is 11.2. The van der Waals surface area contributed by atoms with E-state index in [1.807, 2.05) is 0 Å². The molecule has 0 saturated carbocycles. The quantitative estimate of drug-likeness (QED) is 0.695. The van der Waals surface area contributed by atoms with Gasteiger partial charge in [-0.3, -0.25) is 0 Å². The van der Waals surface area contributed by atoms with Crippen molar-refractivity contribution in [2.24, 2.45) is 0 Å². The number of methoxy groups -OCH3 is 1. The van der Waals surface area contributed by atoms with Gasteiger partial charge in [0.1, 0.15) is 0 Å². The molecule has 0 heterocycles. The van der Waals surface area contributed by atoms with Gasteiger partial charge in [-0.2, -0.15) is 0 Å². The molecule has 1 rings (SSSR count). The standard InChI is InChI=1S/C9H9BrO2/c1-6-3-7(9(11)12-2)5-8(10)4-6/h3-5H,1-2H3/i1D3. The van der Waals surface area contributed by atoms with Crippen molar-refractivity contribution in [3.8, 4) is 0 Å². The zero-order valence-electron chi connectivity index (χ0n) is 9.43. The van der Waals surface area contributed by atoms with Gasteiger partial charge in [0.25, 0.3) is 0 Å². The molecule has 0 aromatic heterocycles. The Morgan fingerprint density at radius 3 is 2.92 bits per heavy atom. The van der Waals surface area contributed by atoms with Crippen LogP contribution < -0.4 is 0 Å². The largest absolute Gasteiger partial charge is 0.465 e. The average Bonchev–Trinajstić information content (AvgIpc) is 2.14. The summed E-state index contributed by atoms with van der Waals surface area (Å²) in [5.41, 5.74) is 0.329. The highest BCUT2D eigenvalue weighted by Gasteiger charge is 2.05. The van der Waals surface area contributed by atoms with Gasteiger partial charge in [0, 0.05) is 8.58 Å². The first-order valence-electron chi connectivity index (χ1n) is 4.74. The molecule has 0 unspecified atom stereocenters. The Bertz CT molecular complexity index is 387. The predicted molar refractivity (Wildman–Crippen MR) is 50.2 cm³/mol. The second-order valence-corrected chi connectivity index (χ2v) is 3.14. The summed E-state index contributed by atoms with van der Waals surface area (Å²) < 4.78 is 26.7. The van der Waals surface area contributed by atoms with Crippen LogP contribution in [0.4, 0.5) is 0 Å². The van der Waals surface area contributed by atoms with E-state index in [0.29, 0.717) is 4.47 Å². The topological polar surface area (TPSA) is 26.3 Å². The zero-order valence-corrected chi connectivity index (χ0v) is 8.01. The highest BCUT2D eigenvalue weighted by atomic mass is 79.9. The van der Waals surface area contributed by atoms with E-state index in [2.05, 4.69) is 20.7 Å². The minimum Gasteiger partial charge on any atom is -0.465 e. The van der Waals surface area contributed by atoms with Crippen LogP contribution >= 0.6 is 15.9 Å². The van der Waals surface area contributed by atoms with Crippen LogP contribution in [-0.4, -0.2) is 13.1 Å². The van der Waals surface area contributed by atoms with E-state index >= 15 is 0 Å². The first-order valence-corrected chi connectivity index (χ1v) is 4.03. The first-order chi connectivity index (χ1) is 6.84. The molecule has 0 spiro atoms. The molecule has 0 bridgehead atoms. The van der Waals surface area contributed by atoms with E-state index in [0.717, 1.165) is 0 Å². The van der Waals surface area contributed by atoms with E-state index in [4.69, 9.17) is 4.11 Å². The van der Waals surface area contributed by atoms with Crippen molar-refractivity contribution in [1.82, 2.24) is 0 Å². The molecule has 0 N–H and O–H groups in total. The Morgan fingerprint density at radius 1 is 1.58 bits per heavy atom. The van der Waals surface area contributed by atoms with Gasteiger partial charge in [-0.15, -0.1) is 0 Å². The zero-order chi connectivity index (χ0) is 11.6. The molecule has 0 aliphatic rings. The van der Waals surface area contributed by atoms with Gasteiger partial charge in [0.15, 0.2) is 0 Å². The van der Waals surface area contributed by atoms with E-state index in [1.165, 1.54) is 25.3 Å². The maximum Gasteiger partial charge on any atom is 0.337 e. The van der Waals surface area contributed by atoms with Crippen molar-refractivity contribution in [3.05, 3.63) is 33.8 Å². The van der Waals surface area contributed by atoms with Crippen LogP contribution in [0.3, 0.4) is 0 Å². The lowest BCUT2D eigenvalue weighted by Gasteiger charge is -2.01. The third-order valence-corrected chi connectivity index (χ3v) is 1.78. The minimum atomic E-state index is -2.23. The Labute approximate surface area is 83.9 Å². The number of halogens is 1. The number of hydrogen-bond donors (Lipinski definition) is 0. The van der Waals surface area contributed by atoms with Gasteiger partial charge < -0.3 is 4.74 Å². The molecule has 0 amide bonds. The molecule has 0 radical (unpaired) electrons. The summed E-state index contributed by atoms with van der Waals surface area (Å²) >= 11 is 3.15. The fourth-order valence-electron chi connectivity index (χ4n) is 0.825. The van der Waals surface area contributed by atoms with E-state index < -0.39 is 12.8 Å². The molecule has 0 aliphatic heterocycles. The third-order valence-electron chi connectivity index (χ3n) is 1.32. The molecule has 1 aromatic rings. The number of aryl methyl sites for hydroxylation is 1. The minimum absolute atomic E-state index is 0.109. The van der Waals surface area contributed by atoms with E-state index in [-0.39, 0.29) is 11.1 Å². The summed E-state index contributed by atoms with van der Waals surface area (Å²) in [7, 11) is 1.25. The fourth-order valence-corrected chi connectivity index (χ4v) is 1.32. The van der Waals surface area contributed by atoms with Crippen LogP contribution in [0.25, 0.3) is 0 Å². The van der Waals surface area contributed by atoms with Crippen molar-refractivity contribution >= 4 is 21.9 Å². The number of ether oxygens (including phenoxy) is 1. The summed E-state index contributed by atoms with van der Waals surface area (Å²) in [5, 5.41) is 0. The Kier molecular flexibility index (Phi) is 1.78. The molecular formula is C9H9BrO2. The molecule has 0 fully saturated rings. The molecular weight excluding hydrogens is 220 g/mol. The van der Waals surface area contributed by atoms with Gasteiger partial charge in [-0.05, 0) is 30.6 Å². The summed E-state index contributed by atoms with van der Waals surface area (Å²) in [6, 6.07) is 4.28. The first kappa shape index (κ1) is 5.75. The van der Waals surface area contributed by atoms with Crippen LogP contribution in [-0.2, 0) is 4.74 Å². The average molecular weight is 232 g/mol. The van der Waals surface area contributed by atoms with Crippen LogP contribution in [0, 0.1) is 6.85 Å². The highest BCUT2D eigenvalue weighted by molar-refractivity contribution is 9.10. The van der Waals surface area contributed by atoms with Crippen molar-refractivity contribution < 1.29 is 13.6 Å². The molecule has 2 nitrogen and oxygen atoms in total. The normalized spacial score (nSPS) is 14.3. The summed E-state index contributed by atoms with van der Waals surface area (Å²) in [6.45, 7) is -2.23. The van der Waals surface area contributed by atoms with Crippen molar-refractivity contribution in [2.45, 2.75) is 6.85 Å². The van der Waals surface area contributed by atoms with Gasteiger partial charge in [0.05, 0.1) is 12.7 Å². The predicted octanol–water partition coefficient (Wildman–Crippen LogP) is 2.54. The van der Waals surface area contributed by atoms with Crippen molar-refractivity contribution in [1.29, 1.82) is 0 Å². The van der Waals surface area contributed by atoms with Crippen LogP contribution in [0.2, 0.25) is 0 Å². The Morgan fingerprint density at radius 2 is 2.33 bits per heavy atom. The Balaban J connectivity index is 3.23. The highest BCUT2D eigenvalue weighted by Crippen LogP contribution is 2.15. The molecule has 0 aliphatic carbocycles. The number of benzene rings is 1. The van der Waals surface area contributed by atoms with E-state index in [1.54, 1.807) is 0 Å². The molecule has 0 atom stereocenters. The molecule has 12 heavy (non-hydrogen) atoms. The monoisotopic (exact) mass is 231 g/mol. The second kappa shape index (κ2) is 3.72. The molecule has 1 aromatic carbocycles. The number of hydrogen-bond acceptors (Lipinski definition) is 2. The maximum absolute atomic E-state index is 11.2. The number of carbonyl (C=O) groups is 1. The lowest BCUT2D eigenvalue weighted by atomic mass is 10.1. The SMILES string of the molecule is [2H]C([2H])([2H])c1cc(Br)cc(C(=O)OC)c1. The second-order valence-electron chi connectivity index (χ2n) is 2.22. The Hall–Kier alpha value is -0.830. The van der Waals surface area contributed by atoms with Gasteiger partial charge in [-0.25, -0.2) is 4.79 Å². The number of rotatable bonds is 1. The van der Waals surface area contributed by atoms with Gasteiger partial charge in [-0.1, -0.05) is 15.9 Å². The van der Waals surface area contributed by atoms with Gasteiger partial charge in [0.2, 0.25) is 0 Å². The fraction of sp³-hybridized carbons (Fsp3) is 0.222. The summed E-state index contributed by atoms with van der Waals surface area (Å²) in [5.74, 6) is -0.554. The van der Waals surface area contributed by atoms with Crippen molar-refractivity contribution in [2.75, 3.05) is 7.11 Å². The van der Waals surface area contributed by atoms with Gasteiger partial charge >= 0.3 is 5.97 Å². The molecule has 0 saturated heterocycles. The van der Waals surface area contributed by atoms with Crippen molar-refractivity contribution in [3.63, 3.8) is 0 Å². The third kappa shape index (κ3) is 2.08. The van der Waals surface area contributed by atoms with Crippen LogP contribution in [0.1, 0.15) is 20.0 Å². The number of esters is 1. The van der Waals surface area contributed by atoms with Crippen LogP contribution in [0.5, 0.6) is 0 Å². The molecule has 64 valence electrons. The van der Waals surface area contributed by atoms with E-state index in [9.17, 15) is 4.79 Å². The smallest absolute Gasteiger partial charge is 0.337 e.